The molecule has 3 N–H and O–H groups in total. The molecule has 130 valence electrons. The van der Waals surface area contributed by atoms with Crippen LogP contribution in [0, 0.1) is 0 Å². The Hall–Kier alpha value is -2.09. The number of imidazole rings is 1. The van der Waals surface area contributed by atoms with Gasteiger partial charge < -0.3 is 20.4 Å². The smallest absolute Gasteiger partial charge is 0.315 e. The summed E-state index contributed by atoms with van der Waals surface area (Å²) in [5.74, 6) is -0.0597. The second kappa shape index (κ2) is 8.68. The molecule has 0 aliphatic rings. The van der Waals surface area contributed by atoms with Crippen molar-refractivity contribution in [3.05, 3.63) is 34.7 Å². The zero-order valence-corrected chi connectivity index (χ0v) is 15.4. The molecule has 0 aliphatic carbocycles. The minimum atomic E-state index is -0.315. The molecular formula is C16H22BrN5O2. The molecule has 2 aromatic heterocycles. The van der Waals surface area contributed by atoms with Crippen LogP contribution in [-0.4, -0.2) is 33.9 Å². The summed E-state index contributed by atoms with van der Waals surface area (Å²) in [5, 5.41) is 8.25. The van der Waals surface area contributed by atoms with Gasteiger partial charge in [0.25, 0.3) is 0 Å². The lowest BCUT2D eigenvalue weighted by atomic mass is 10.2. The number of aromatic nitrogens is 2. The number of rotatable bonds is 7. The number of amides is 3. The summed E-state index contributed by atoms with van der Waals surface area (Å²) in [6, 6.07) is 3.64. The van der Waals surface area contributed by atoms with Crippen molar-refractivity contribution in [2.45, 2.75) is 39.3 Å². The molecular weight excluding hydrogens is 374 g/mol. The Bertz CT molecular complexity index is 716. The predicted molar refractivity (Wildman–Crippen MR) is 95.6 cm³/mol. The molecule has 0 aliphatic heterocycles. The van der Waals surface area contributed by atoms with Crippen molar-refractivity contribution in [1.82, 2.24) is 25.3 Å². The van der Waals surface area contributed by atoms with Crippen molar-refractivity contribution in [2.75, 3.05) is 6.54 Å². The van der Waals surface area contributed by atoms with Gasteiger partial charge in [0.2, 0.25) is 5.91 Å². The topological polar surface area (TPSA) is 87.5 Å². The highest BCUT2D eigenvalue weighted by Crippen LogP contribution is 2.12. The highest BCUT2D eigenvalue weighted by Gasteiger charge is 2.07. The Morgan fingerprint density at radius 2 is 2.08 bits per heavy atom. The van der Waals surface area contributed by atoms with Gasteiger partial charge in [0.05, 0.1) is 12.2 Å². The van der Waals surface area contributed by atoms with Crippen LogP contribution in [0.5, 0.6) is 0 Å². The number of pyridine rings is 1. The number of hydrogen-bond acceptors (Lipinski definition) is 3. The summed E-state index contributed by atoms with van der Waals surface area (Å²) in [4.78, 5) is 27.8. The Morgan fingerprint density at radius 3 is 2.83 bits per heavy atom. The van der Waals surface area contributed by atoms with Crippen LogP contribution < -0.4 is 16.0 Å². The van der Waals surface area contributed by atoms with Gasteiger partial charge in [-0.05, 0) is 41.4 Å². The molecule has 0 aromatic carbocycles. The third kappa shape index (κ3) is 5.52. The number of nitrogens with zero attached hydrogens (tertiary/aromatic N) is 2. The molecule has 1 unspecified atom stereocenters. The van der Waals surface area contributed by atoms with E-state index in [-0.39, 0.29) is 24.4 Å². The summed E-state index contributed by atoms with van der Waals surface area (Å²) < 4.78 is 2.85. The molecule has 2 aromatic rings. The van der Waals surface area contributed by atoms with E-state index in [9.17, 15) is 9.59 Å². The average Bonchev–Trinajstić information content (AvgIpc) is 2.94. The van der Waals surface area contributed by atoms with Gasteiger partial charge in [-0.2, -0.15) is 0 Å². The Balaban J connectivity index is 1.71. The molecule has 2 rings (SSSR count). The standard InChI is InChI=1S/C16H22BrN5O2/c1-3-11(2)20-15(23)6-7-18-16(24)19-8-13-10-22-9-12(17)4-5-14(22)21-13/h4-5,9-11H,3,6-8H2,1-2H3,(H,20,23)(H2,18,19,24). The van der Waals surface area contributed by atoms with E-state index in [0.717, 1.165) is 22.2 Å². The number of carbonyl (C=O) groups is 2. The molecule has 0 saturated carbocycles. The molecule has 0 fully saturated rings. The van der Waals surface area contributed by atoms with Crippen molar-refractivity contribution < 1.29 is 9.59 Å². The Morgan fingerprint density at radius 1 is 1.29 bits per heavy atom. The van der Waals surface area contributed by atoms with Gasteiger partial charge in [-0.15, -0.1) is 0 Å². The van der Waals surface area contributed by atoms with Crippen LogP contribution in [0.15, 0.2) is 29.0 Å². The number of carbonyl (C=O) groups excluding carboxylic acids is 2. The van der Waals surface area contributed by atoms with Gasteiger partial charge in [-0.3, -0.25) is 4.79 Å². The zero-order chi connectivity index (χ0) is 17.5. The van der Waals surface area contributed by atoms with Gasteiger partial charge in [0, 0.05) is 35.9 Å². The van der Waals surface area contributed by atoms with Gasteiger partial charge in [-0.1, -0.05) is 6.92 Å². The largest absolute Gasteiger partial charge is 0.354 e. The van der Waals surface area contributed by atoms with Crippen LogP contribution >= 0.6 is 15.9 Å². The summed E-state index contributed by atoms with van der Waals surface area (Å²) in [7, 11) is 0. The summed E-state index contributed by atoms with van der Waals surface area (Å²) in [5.41, 5.74) is 1.58. The maximum atomic E-state index is 11.7. The fraction of sp³-hybridized carbons (Fsp3) is 0.438. The van der Waals surface area contributed by atoms with Gasteiger partial charge in [0.1, 0.15) is 5.65 Å². The lowest BCUT2D eigenvalue weighted by molar-refractivity contribution is -0.121. The van der Waals surface area contributed by atoms with E-state index in [1.54, 1.807) is 0 Å². The maximum Gasteiger partial charge on any atom is 0.315 e. The van der Waals surface area contributed by atoms with E-state index in [1.165, 1.54) is 0 Å². The normalized spacial score (nSPS) is 12.0. The van der Waals surface area contributed by atoms with Crippen LogP contribution in [0.3, 0.4) is 0 Å². The van der Waals surface area contributed by atoms with Crippen molar-refractivity contribution in [3.8, 4) is 0 Å². The van der Waals surface area contributed by atoms with Crippen LogP contribution in [0.4, 0.5) is 4.79 Å². The van der Waals surface area contributed by atoms with Crippen LogP contribution in [0.2, 0.25) is 0 Å². The fourth-order valence-corrected chi connectivity index (χ4v) is 2.43. The van der Waals surface area contributed by atoms with E-state index in [2.05, 4.69) is 36.9 Å². The molecule has 0 radical (unpaired) electrons. The second-order valence-electron chi connectivity index (χ2n) is 5.58. The van der Waals surface area contributed by atoms with E-state index in [1.807, 2.05) is 42.8 Å². The highest BCUT2D eigenvalue weighted by atomic mass is 79.9. The fourth-order valence-electron chi connectivity index (χ4n) is 2.07. The molecule has 8 heteroatoms. The molecule has 7 nitrogen and oxygen atoms in total. The van der Waals surface area contributed by atoms with Crippen LogP contribution in [0.1, 0.15) is 32.4 Å². The maximum absolute atomic E-state index is 11.7. The van der Waals surface area contributed by atoms with Gasteiger partial charge >= 0.3 is 6.03 Å². The Labute approximate surface area is 149 Å². The third-order valence-electron chi connectivity index (χ3n) is 3.55. The highest BCUT2D eigenvalue weighted by molar-refractivity contribution is 9.10. The zero-order valence-electron chi connectivity index (χ0n) is 13.8. The SMILES string of the molecule is CCC(C)NC(=O)CCNC(=O)NCc1cn2cc(Br)ccc2n1. The molecule has 2 heterocycles. The molecule has 24 heavy (non-hydrogen) atoms. The van der Waals surface area contributed by atoms with Crippen LogP contribution in [0.25, 0.3) is 5.65 Å². The van der Waals surface area contributed by atoms with Crippen LogP contribution in [-0.2, 0) is 11.3 Å². The lowest BCUT2D eigenvalue weighted by Gasteiger charge is -2.11. The summed E-state index contributed by atoms with van der Waals surface area (Å²) >= 11 is 3.40. The quantitative estimate of drug-likeness (QED) is 0.671. The molecule has 3 amide bonds. The van der Waals surface area contributed by atoms with E-state index >= 15 is 0 Å². The third-order valence-corrected chi connectivity index (χ3v) is 4.02. The van der Waals surface area contributed by atoms with Gasteiger partial charge in [-0.25, -0.2) is 9.78 Å². The summed E-state index contributed by atoms with van der Waals surface area (Å²) in [6.07, 6.45) is 4.91. The average molecular weight is 396 g/mol. The monoisotopic (exact) mass is 395 g/mol. The first kappa shape index (κ1) is 18.3. The minimum Gasteiger partial charge on any atom is -0.354 e. The number of nitrogens with one attached hydrogen (secondary N) is 3. The number of hydrogen-bond donors (Lipinski definition) is 3. The predicted octanol–water partition coefficient (Wildman–Crippen LogP) is 2.20. The first-order valence-electron chi connectivity index (χ1n) is 7.92. The van der Waals surface area contributed by atoms with E-state index < -0.39 is 0 Å². The molecule has 0 spiro atoms. The number of halogens is 1. The number of urea groups is 1. The van der Waals surface area contributed by atoms with Crippen molar-refractivity contribution in [2.24, 2.45) is 0 Å². The molecule has 1 atom stereocenters. The van der Waals surface area contributed by atoms with E-state index in [0.29, 0.717) is 13.1 Å². The first-order chi connectivity index (χ1) is 11.5. The van der Waals surface area contributed by atoms with E-state index in [4.69, 9.17) is 0 Å². The summed E-state index contributed by atoms with van der Waals surface area (Å²) in [6.45, 7) is 4.58. The molecule has 0 bridgehead atoms. The van der Waals surface area contributed by atoms with Gasteiger partial charge in [0.15, 0.2) is 0 Å². The first-order valence-corrected chi connectivity index (χ1v) is 8.71. The van der Waals surface area contributed by atoms with Crippen molar-refractivity contribution in [3.63, 3.8) is 0 Å². The molecule has 0 saturated heterocycles. The Kier molecular flexibility index (Phi) is 6.60. The second-order valence-corrected chi connectivity index (χ2v) is 6.50. The number of fused-ring (bicyclic) bond motifs is 1. The lowest BCUT2D eigenvalue weighted by Crippen LogP contribution is -2.39. The van der Waals surface area contributed by atoms with Crippen molar-refractivity contribution >= 4 is 33.5 Å². The minimum absolute atomic E-state index is 0.0597. The van der Waals surface area contributed by atoms with Crippen molar-refractivity contribution in [1.29, 1.82) is 0 Å².